The summed E-state index contributed by atoms with van der Waals surface area (Å²) in [6.45, 7) is 6.23. The zero-order valence-corrected chi connectivity index (χ0v) is 11.6. The molecular weight excluding hydrogens is 232 g/mol. The van der Waals surface area contributed by atoms with Gasteiger partial charge in [-0.15, -0.1) is 0 Å². The molecule has 0 bridgehead atoms. The number of nitriles is 1. The monoisotopic (exact) mass is 250 g/mol. The lowest BCUT2D eigenvalue weighted by Gasteiger charge is -2.17. The zero-order chi connectivity index (χ0) is 13.8. The maximum atomic E-state index is 9.41. The van der Waals surface area contributed by atoms with Crippen LogP contribution in [0.2, 0.25) is 0 Å². The summed E-state index contributed by atoms with van der Waals surface area (Å²) in [6, 6.07) is 16.1. The third-order valence-electron chi connectivity index (χ3n) is 3.41. The van der Waals surface area contributed by atoms with Gasteiger partial charge in [-0.05, 0) is 55.2 Å². The van der Waals surface area contributed by atoms with Crippen LogP contribution in [0.25, 0.3) is 0 Å². The zero-order valence-electron chi connectivity index (χ0n) is 11.6. The van der Waals surface area contributed by atoms with Crippen LogP contribution in [0.1, 0.15) is 28.3 Å². The van der Waals surface area contributed by atoms with E-state index >= 15 is 0 Å². The molecule has 1 N–H and O–H groups in total. The van der Waals surface area contributed by atoms with Crippen molar-refractivity contribution in [3.8, 4) is 6.07 Å². The maximum absolute atomic E-state index is 9.41. The molecule has 0 aliphatic rings. The van der Waals surface area contributed by atoms with E-state index in [1.165, 1.54) is 11.1 Å². The molecule has 0 aromatic heterocycles. The minimum Gasteiger partial charge on any atom is -0.366 e. The molecule has 0 saturated carbocycles. The molecule has 1 atom stereocenters. The minimum atomic E-state index is -0.318. The number of para-hydroxylation sites is 1. The van der Waals surface area contributed by atoms with Crippen LogP contribution < -0.4 is 5.32 Å². The fourth-order valence-electron chi connectivity index (χ4n) is 2.17. The second-order valence-corrected chi connectivity index (χ2v) is 4.87. The number of nitrogens with one attached hydrogen (secondary N) is 1. The summed E-state index contributed by atoms with van der Waals surface area (Å²) < 4.78 is 0. The summed E-state index contributed by atoms with van der Waals surface area (Å²) in [5, 5.41) is 12.7. The molecule has 0 saturated heterocycles. The van der Waals surface area contributed by atoms with Crippen molar-refractivity contribution in [1.82, 2.24) is 0 Å². The first-order valence-corrected chi connectivity index (χ1v) is 6.41. The highest BCUT2D eigenvalue weighted by Crippen LogP contribution is 2.24. The molecule has 0 amide bonds. The molecule has 19 heavy (non-hydrogen) atoms. The Balaban J connectivity index is 2.33. The number of rotatable bonds is 3. The van der Waals surface area contributed by atoms with E-state index in [1.54, 1.807) is 0 Å². The van der Waals surface area contributed by atoms with E-state index < -0.39 is 0 Å². The molecule has 2 nitrogen and oxygen atoms in total. The quantitative estimate of drug-likeness (QED) is 0.882. The van der Waals surface area contributed by atoms with Gasteiger partial charge < -0.3 is 5.32 Å². The van der Waals surface area contributed by atoms with E-state index in [0.717, 1.165) is 16.8 Å². The van der Waals surface area contributed by atoms with Crippen LogP contribution in [-0.2, 0) is 0 Å². The van der Waals surface area contributed by atoms with Gasteiger partial charge >= 0.3 is 0 Å². The molecule has 0 aliphatic carbocycles. The molecule has 2 aromatic carbocycles. The van der Waals surface area contributed by atoms with Crippen LogP contribution in [0.4, 0.5) is 5.69 Å². The molecule has 0 heterocycles. The lowest BCUT2D eigenvalue weighted by Crippen LogP contribution is -2.10. The standard InChI is InChI=1S/C17H18N2/c1-12-9-14(3)16(10-13(12)2)17(11-18)19-15-7-5-4-6-8-15/h4-10,17,19H,1-3H3. The fourth-order valence-corrected chi connectivity index (χ4v) is 2.17. The van der Waals surface area contributed by atoms with Gasteiger partial charge in [0.25, 0.3) is 0 Å². The van der Waals surface area contributed by atoms with E-state index in [1.807, 2.05) is 30.3 Å². The van der Waals surface area contributed by atoms with Crippen molar-refractivity contribution in [2.75, 3.05) is 5.32 Å². The molecular formula is C17H18N2. The molecule has 2 rings (SSSR count). The lowest BCUT2D eigenvalue weighted by molar-refractivity contribution is 0.974. The van der Waals surface area contributed by atoms with Crippen molar-refractivity contribution < 1.29 is 0 Å². The molecule has 1 unspecified atom stereocenters. The van der Waals surface area contributed by atoms with Crippen LogP contribution in [0.15, 0.2) is 42.5 Å². The highest BCUT2D eigenvalue weighted by Gasteiger charge is 2.13. The molecule has 0 radical (unpaired) electrons. The van der Waals surface area contributed by atoms with Crippen molar-refractivity contribution in [2.24, 2.45) is 0 Å². The number of benzene rings is 2. The predicted octanol–water partition coefficient (Wildman–Crippen LogP) is 4.29. The Morgan fingerprint density at radius 1 is 0.947 bits per heavy atom. The predicted molar refractivity (Wildman–Crippen MR) is 79.1 cm³/mol. The summed E-state index contributed by atoms with van der Waals surface area (Å²) in [7, 11) is 0. The number of hydrogen-bond acceptors (Lipinski definition) is 2. The van der Waals surface area contributed by atoms with E-state index in [2.05, 4.69) is 44.3 Å². The van der Waals surface area contributed by atoms with Crippen LogP contribution in [0.5, 0.6) is 0 Å². The van der Waals surface area contributed by atoms with Crippen molar-refractivity contribution in [2.45, 2.75) is 26.8 Å². The smallest absolute Gasteiger partial charge is 0.140 e. The molecule has 0 spiro atoms. The van der Waals surface area contributed by atoms with Gasteiger partial charge in [-0.25, -0.2) is 0 Å². The first-order chi connectivity index (χ1) is 9.11. The summed E-state index contributed by atoms with van der Waals surface area (Å²) in [5.41, 5.74) is 5.65. The van der Waals surface area contributed by atoms with Crippen LogP contribution >= 0.6 is 0 Å². The van der Waals surface area contributed by atoms with E-state index in [9.17, 15) is 5.26 Å². The van der Waals surface area contributed by atoms with E-state index in [-0.39, 0.29) is 6.04 Å². The normalized spacial score (nSPS) is 11.7. The minimum absolute atomic E-state index is 0.318. The number of nitrogens with zero attached hydrogens (tertiary/aromatic N) is 1. The molecule has 2 aromatic rings. The van der Waals surface area contributed by atoms with Gasteiger partial charge in [0.05, 0.1) is 6.07 Å². The van der Waals surface area contributed by atoms with Gasteiger partial charge in [0, 0.05) is 5.69 Å². The number of hydrogen-bond donors (Lipinski definition) is 1. The van der Waals surface area contributed by atoms with Crippen molar-refractivity contribution in [3.63, 3.8) is 0 Å². The van der Waals surface area contributed by atoms with Crippen LogP contribution in [0.3, 0.4) is 0 Å². The van der Waals surface area contributed by atoms with Gasteiger partial charge in [-0.1, -0.05) is 30.3 Å². The fraction of sp³-hybridized carbons (Fsp3) is 0.235. The highest BCUT2D eigenvalue weighted by atomic mass is 14.9. The SMILES string of the molecule is Cc1cc(C)c(C(C#N)Nc2ccccc2)cc1C. The average Bonchev–Trinajstić information content (AvgIpc) is 2.42. The second kappa shape index (κ2) is 5.58. The first-order valence-electron chi connectivity index (χ1n) is 6.41. The van der Waals surface area contributed by atoms with Gasteiger partial charge in [0.1, 0.15) is 6.04 Å². The second-order valence-electron chi connectivity index (χ2n) is 4.87. The highest BCUT2D eigenvalue weighted by molar-refractivity contribution is 5.49. The Bertz CT molecular complexity index is 609. The average molecular weight is 250 g/mol. The molecule has 0 fully saturated rings. The van der Waals surface area contributed by atoms with Gasteiger partial charge in [0.2, 0.25) is 0 Å². The maximum Gasteiger partial charge on any atom is 0.140 e. The third kappa shape index (κ3) is 2.95. The Morgan fingerprint density at radius 2 is 1.58 bits per heavy atom. The van der Waals surface area contributed by atoms with Crippen LogP contribution in [0, 0.1) is 32.1 Å². The summed E-state index contributed by atoms with van der Waals surface area (Å²) in [5.74, 6) is 0. The summed E-state index contributed by atoms with van der Waals surface area (Å²) >= 11 is 0. The lowest BCUT2D eigenvalue weighted by atomic mass is 9.96. The van der Waals surface area contributed by atoms with E-state index in [4.69, 9.17) is 0 Å². The van der Waals surface area contributed by atoms with Crippen molar-refractivity contribution in [3.05, 3.63) is 64.7 Å². The van der Waals surface area contributed by atoms with Crippen molar-refractivity contribution >= 4 is 5.69 Å². The first kappa shape index (κ1) is 13.2. The molecule has 2 heteroatoms. The van der Waals surface area contributed by atoms with Gasteiger partial charge in [-0.2, -0.15) is 5.26 Å². The van der Waals surface area contributed by atoms with Gasteiger partial charge in [0.15, 0.2) is 0 Å². The Morgan fingerprint density at radius 3 is 2.21 bits per heavy atom. The van der Waals surface area contributed by atoms with Crippen LogP contribution in [-0.4, -0.2) is 0 Å². The van der Waals surface area contributed by atoms with Crippen molar-refractivity contribution in [1.29, 1.82) is 5.26 Å². The molecule has 96 valence electrons. The van der Waals surface area contributed by atoms with E-state index in [0.29, 0.717) is 0 Å². The summed E-state index contributed by atoms with van der Waals surface area (Å²) in [6.07, 6.45) is 0. The summed E-state index contributed by atoms with van der Waals surface area (Å²) in [4.78, 5) is 0. The molecule has 0 aliphatic heterocycles. The number of anilines is 1. The Kier molecular flexibility index (Phi) is 3.87. The Hall–Kier alpha value is -2.27. The largest absolute Gasteiger partial charge is 0.366 e. The third-order valence-corrected chi connectivity index (χ3v) is 3.41. The topological polar surface area (TPSA) is 35.8 Å². The number of aryl methyl sites for hydroxylation is 3. The Labute approximate surface area is 114 Å². The van der Waals surface area contributed by atoms with Gasteiger partial charge in [-0.3, -0.25) is 0 Å².